The molecule has 0 fully saturated rings. The van der Waals surface area contributed by atoms with E-state index in [0.29, 0.717) is 39.0 Å². The number of fused-ring (bicyclic) bond motifs is 13. The fourth-order valence-corrected chi connectivity index (χ4v) is 16.4. The van der Waals surface area contributed by atoms with E-state index < -0.39 is 73.2 Å². The summed E-state index contributed by atoms with van der Waals surface area (Å²) < 4.78 is 134. The zero-order valence-electron chi connectivity index (χ0n) is 74.6. The van der Waals surface area contributed by atoms with Crippen molar-refractivity contribution in [3.63, 3.8) is 0 Å². The Labute approximate surface area is 640 Å². The molecular formula is C100H85BN4O. The summed E-state index contributed by atoms with van der Waals surface area (Å²) in [5.41, 5.74) is 20.5. The topological polar surface area (TPSA) is 29.5 Å². The third kappa shape index (κ3) is 10.5. The molecule has 0 spiro atoms. The van der Waals surface area contributed by atoms with E-state index >= 15 is 0 Å². The maximum Gasteiger partial charge on any atom is 0.252 e. The van der Waals surface area contributed by atoms with Crippen molar-refractivity contribution in [3.8, 4) is 55.9 Å². The molecule has 2 aliphatic heterocycles. The van der Waals surface area contributed by atoms with E-state index in [9.17, 15) is 11.0 Å². The summed E-state index contributed by atoms with van der Waals surface area (Å²) in [5.74, 6) is 0. The highest BCUT2D eigenvalue weighted by atomic mass is 16.3. The number of rotatable bonds is 8. The van der Waals surface area contributed by atoms with Crippen LogP contribution < -0.4 is 26.2 Å². The SMILES string of the molecule is [2H]c1c([2H])c([2H])c(-c2cc3c4c(c2)N(c2cccc5c2oc2c(-n6c7c([2H])c([2H])c([2H])c([2H])c7c7c([2H])c([2H])c([2H])c([2H])c76)cccc25)c2cc(-c5cc(C(C)(C)C)cc(C(C)(C)C)c5)ccc2B4c2ccc(-n4c5ccc(C(C)(C)C)cc5c5cc(C(C)(C)C)ccc54)cc2N3c2cc(-c3ccccc3)cc(-c3ccccc3)c2)c([2H])c1[2H]. The first-order valence-electron chi connectivity index (χ1n) is 43.1. The zero-order valence-corrected chi connectivity index (χ0v) is 61.6. The van der Waals surface area contributed by atoms with Crippen LogP contribution in [-0.4, -0.2) is 15.8 Å². The van der Waals surface area contributed by atoms with Crippen molar-refractivity contribution in [2.45, 2.75) is 105 Å². The standard InChI is InChI=1S/C100H85BN4O/c1-97(2,3)70-43-48-86-80(59-70)81-60-71(98(4,5)6)44-49-87(81)102(86)74-45-47-83-91(61-74)103(75-53-66(62-28-16-13-17-29-62)50-67(54-75)63-30-18-14-19-31-63)92-56-69(64-32-20-15-21-33-64)57-93-94(92)101(83)82-46-42-65(68-51-72(99(7,8)9)58-73(52-68)100(10,11)12)55-90(82)105(93)89-41-27-37-79-78-36-26-40-88(95(78)106-96(79)89)104-84-38-24-22-34-76(84)77-35-23-25-39-85(77)104/h13-61H,1-12H3/i15D,20D,21D,22D,23D,24D,25D,32D,33D,34D,35D,38D,39D. The highest BCUT2D eigenvalue weighted by Gasteiger charge is 2.45. The van der Waals surface area contributed by atoms with Crippen LogP contribution in [0.1, 0.15) is 123 Å². The fraction of sp³-hybridized carbons (Fsp3) is 0.160. The van der Waals surface area contributed by atoms with Crippen molar-refractivity contribution in [2.75, 3.05) is 9.80 Å². The van der Waals surface area contributed by atoms with Crippen molar-refractivity contribution >= 4 is 123 Å². The van der Waals surface area contributed by atoms with E-state index in [1.54, 1.807) is 12.1 Å². The quantitative estimate of drug-likeness (QED) is 0.142. The van der Waals surface area contributed by atoms with Crippen molar-refractivity contribution in [1.29, 1.82) is 0 Å². The Balaban J connectivity index is 0.973. The highest BCUT2D eigenvalue weighted by molar-refractivity contribution is 7.00. The van der Waals surface area contributed by atoms with Gasteiger partial charge in [-0.05, 0) is 202 Å². The van der Waals surface area contributed by atoms with E-state index in [0.717, 1.165) is 105 Å². The summed E-state index contributed by atoms with van der Waals surface area (Å²) in [5, 5.41) is 3.33. The van der Waals surface area contributed by atoms with Crippen molar-refractivity contribution in [3.05, 3.63) is 319 Å². The minimum absolute atomic E-state index is 0.00875. The number of hydrogen-bond acceptors (Lipinski definition) is 3. The molecule has 6 heteroatoms. The normalized spacial score (nSPS) is 14.9. The Kier molecular flexibility index (Phi) is 11.7. The van der Waals surface area contributed by atoms with Gasteiger partial charge in [-0.2, -0.15) is 0 Å². The van der Waals surface area contributed by atoms with Crippen molar-refractivity contribution in [2.24, 2.45) is 0 Å². The van der Waals surface area contributed by atoms with Gasteiger partial charge in [0.25, 0.3) is 6.71 Å². The Hall–Kier alpha value is -11.9. The third-order valence-electron chi connectivity index (χ3n) is 22.0. The maximum absolute atomic E-state index is 10.0. The first-order valence-corrected chi connectivity index (χ1v) is 36.6. The predicted molar refractivity (Wildman–Crippen MR) is 453 cm³/mol. The second kappa shape index (κ2) is 23.8. The second-order valence-corrected chi connectivity index (χ2v) is 32.8. The number of furan rings is 1. The first-order chi connectivity index (χ1) is 56.5. The average Bonchev–Trinajstić information content (AvgIpc) is 1.48. The number of para-hydroxylation sites is 4. The molecule has 0 radical (unpaired) electrons. The van der Waals surface area contributed by atoms with Gasteiger partial charge in [-0.3, -0.25) is 0 Å². The Morgan fingerprint density at radius 2 is 0.745 bits per heavy atom. The minimum Gasteiger partial charge on any atom is -0.452 e. The lowest BCUT2D eigenvalue weighted by Crippen LogP contribution is -2.61. The molecule has 5 nitrogen and oxygen atoms in total. The summed E-state index contributed by atoms with van der Waals surface area (Å²) in [6, 6.07) is 70.6. The molecule has 0 amide bonds. The third-order valence-corrected chi connectivity index (χ3v) is 22.0. The van der Waals surface area contributed by atoms with Crippen LogP contribution in [0.5, 0.6) is 0 Å². The number of anilines is 6. The van der Waals surface area contributed by atoms with Crippen LogP contribution in [0, 0.1) is 0 Å². The summed E-state index contributed by atoms with van der Waals surface area (Å²) in [4.78, 5) is 4.52. The Morgan fingerprint density at radius 3 is 1.30 bits per heavy atom. The van der Waals surface area contributed by atoms with E-state index in [1.165, 1.54) is 15.7 Å². The summed E-state index contributed by atoms with van der Waals surface area (Å²) >= 11 is 0. The Bertz CT molecular complexity index is 7010. The molecule has 0 N–H and O–H groups in total. The van der Waals surface area contributed by atoms with Gasteiger partial charge in [-0.25, -0.2) is 0 Å². The van der Waals surface area contributed by atoms with E-state index in [2.05, 4.69) is 231 Å². The molecule has 106 heavy (non-hydrogen) atoms. The maximum atomic E-state index is 10.0. The number of nitrogens with zero attached hydrogens (tertiary/aromatic N) is 4. The summed E-state index contributed by atoms with van der Waals surface area (Å²) in [7, 11) is 0. The molecule has 0 saturated carbocycles. The molecule has 514 valence electrons. The highest BCUT2D eigenvalue weighted by Crippen LogP contribution is 2.52. The largest absolute Gasteiger partial charge is 0.452 e. The molecule has 0 atom stereocenters. The molecule has 14 aromatic carbocycles. The number of hydrogen-bond donors (Lipinski definition) is 0. The lowest BCUT2D eigenvalue weighted by atomic mass is 9.33. The first kappa shape index (κ1) is 52.2. The lowest BCUT2D eigenvalue weighted by molar-refractivity contribution is 0.569. The fourth-order valence-electron chi connectivity index (χ4n) is 16.4. The van der Waals surface area contributed by atoms with Gasteiger partial charge in [-0.15, -0.1) is 0 Å². The monoisotopic (exact) mass is 1380 g/mol. The number of benzene rings is 14. The molecule has 0 aliphatic carbocycles. The van der Waals surface area contributed by atoms with Gasteiger partial charge in [0, 0.05) is 66.4 Å². The molecule has 17 aromatic rings. The van der Waals surface area contributed by atoms with E-state index in [1.807, 2.05) is 72.8 Å². The van der Waals surface area contributed by atoms with Gasteiger partial charge in [-0.1, -0.05) is 283 Å². The number of aromatic nitrogens is 2. The minimum atomic E-state index is -0.579. The van der Waals surface area contributed by atoms with Gasteiger partial charge in [0.1, 0.15) is 0 Å². The molecule has 3 aromatic heterocycles. The molecular weight excluding hydrogens is 1280 g/mol. The van der Waals surface area contributed by atoms with Crippen LogP contribution in [0.25, 0.3) is 121 Å². The van der Waals surface area contributed by atoms with Crippen LogP contribution in [0.4, 0.5) is 34.1 Å². The van der Waals surface area contributed by atoms with Gasteiger partial charge in [0.2, 0.25) is 0 Å². The summed E-state index contributed by atoms with van der Waals surface area (Å²) in [6.45, 7) is 26.3. The molecule has 0 bridgehead atoms. The molecule has 2 aliphatic rings. The molecule has 0 saturated heterocycles. The molecule has 0 unspecified atom stereocenters. The molecule has 19 rings (SSSR count). The van der Waals surface area contributed by atoms with E-state index in [4.69, 9.17) is 11.3 Å². The Morgan fingerprint density at radius 1 is 0.274 bits per heavy atom. The lowest BCUT2D eigenvalue weighted by Gasteiger charge is -2.44. The predicted octanol–water partition coefficient (Wildman–Crippen LogP) is 25.7. The van der Waals surface area contributed by atoms with Crippen molar-refractivity contribution in [1.82, 2.24) is 9.13 Å². The van der Waals surface area contributed by atoms with Gasteiger partial charge in [0.15, 0.2) is 11.2 Å². The van der Waals surface area contributed by atoms with E-state index in [-0.39, 0.29) is 72.4 Å². The van der Waals surface area contributed by atoms with Crippen molar-refractivity contribution < 1.29 is 22.2 Å². The van der Waals surface area contributed by atoms with Crippen LogP contribution in [0.15, 0.2) is 301 Å². The molecule has 5 heterocycles. The van der Waals surface area contributed by atoms with Crippen LogP contribution in [0.3, 0.4) is 0 Å². The van der Waals surface area contributed by atoms with Gasteiger partial charge >= 0.3 is 0 Å². The smallest absolute Gasteiger partial charge is 0.252 e. The zero-order chi connectivity index (χ0) is 83.8. The van der Waals surface area contributed by atoms with Gasteiger partial charge < -0.3 is 23.4 Å². The van der Waals surface area contributed by atoms with Gasteiger partial charge in [0.05, 0.1) is 51.3 Å². The van der Waals surface area contributed by atoms with Crippen LogP contribution >= 0.6 is 0 Å². The van der Waals surface area contributed by atoms with Crippen LogP contribution in [0.2, 0.25) is 0 Å². The second-order valence-electron chi connectivity index (χ2n) is 32.8. The van der Waals surface area contributed by atoms with Crippen LogP contribution in [-0.2, 0) is 21.7 Å². The average molecular weight is 1380 g/mol. The summed E-state index contributed by atoms with van der Waals surface area (Å²) in [6.07, 6.45) is 0.